The van der Waals surface area contributed by atoms with E-state index < -0.39 is 0 Å². The van der Waals surface area contributed by atoms with E-state index in [0.29, 0.717) is 18.8 Å². The van der Waals surface area contributed by atoms with E-state index in [1.165, 1.54) is 30.1 Å². The van der Waals surface area contributed by atoms with Crippen molar-refractivity contribution in [2.45, 2.75) is 44.6 Å². The minimum Gasteiger partial charge on any atom is -0.335 e. The first kappa shape index (κ1) is 14.1. The number of nitriles is 2. The van der Waals surface area contributed by atoms with E-state index in [4.69, 9.17) is 10.2 Å². The van der Waals surface area contributed by atoms with Gasteiger partial charge in [0.1, 0.15) is 5.82 Å². The minimum absolute atomic E-state index is 0.0437. The molecule has 0 unspecified atom stereocenters. The summed E-state index contributed by atoms with van der Waals surface area (Å²) in [7, 11) is 2.14. The molecule has 0 aromatic carbocycles. The van der Waals surface area contributed by atoms with E-state index in [0.717, 1.165) is 26.1 Å². The van der Waals surface area contributed by atoms with E-state index in [9.17, 15) is 5.26 Å². The fraction of sp³-hybridized carbons (Fsp3) is 0.688. The fourth-order valence-corrected chi connectivity index (χ4v) is 3.21. The normalized spacial score (nSPS) is 19.6. The van der Waals surface area contributed by atoms with Gasteiger partial charge in [0.05, 0.1) is 23.8 Å². The van der Waals surface area contributed by atoms with Gasteiger partial charge in [-0.25, -0.2) is 4.98 Å². The highest BCUT2D eigenvalue weighted by molar-refractivity contribution is 5.23. The zero-order chi connectivity index (χ0) is 14.8. The average Bonchev–Trinajstić information content (AvgIpc) is 3.28. The predicted octanol–water partition coefficient (Wildman–Crippen LogP) is 2.10. The van der Waals surface area contributed by atoms with Crippen molar-refractivity contribution in [2.75, 3.05) is 13.1 Å². The molecule has 110 valence electrons. The molecule has 0 saturated heterocycles. The van der Waals surface area contributed by atoms with Gasteiger partial charge in [-0.1, -0.05) is 0 Å². The first-order chi connectivity index (χ1) is 10.2. The number of nitrogens with zero attached hydrogens (tertiary/aromatic N) is 5. The second kappa shape index (κ2) is 5.87. The lowest BCUT2D eigenvalue weighted by Gasteiger charge is -2.28. The first-order valence-corrected chi connectivity index (χ1v) is 7.76. The summed E-state index contributed by atoms with van der Waals surface area (Å²) in [5, 5.41) is 17.9. The summed E-state index contributed by atoms with van der Waals surface area (Å²) >= 11 is 0. The Morgan fingerprint density at radius 2 is 2.19 bits per heavy atom. The maximum atomic E-state index is 9.20. The number of hydrogen-bond donors (Lipinski definition) is 0. The van der Waals surface area contributed by atoms with Gasteiger partial charge in [-0.05, 0) is 19.3 Å². The van der Waals surface area contributed by atoms with Gasteiger partial charge in [0, 0.05) is 51.1 Å². The number of imidazole rings is 1. The van der Waals surface area contributed by atoms with Crippen molar-refractivity contribution in [3.8, 4) is 12.1 Å². The molecule has 3 rings (SSSR count). The van der Waals surface area contributed by atoms with Crippen LogP contribution < -0.4 is 0 Å². The molecule has 21 heavy (non-hydrogen) atoms. The summed E-state index contributed by atoms with van der Waals surface area (Å²) in [6, 6.07) is 4.46. The topological polar surface area (TPSA) is 68.6 Å². The number of hydrogen-bond acceptors (Lipinski definition) is 4. The van der Waals surface area contributed by atoms with Crippen LogP contribution >= 0.6 is 0 Å². The molecule has 1 fully saturated rings. The second-order valence-electron chi connectivity index (χ2n) is 6.20. The zero-order valence-electron chi connectivity index (χ0n) is 12.5. The molecule has 0 bridgehead atoms. The highest BCUT2D eigenvalue weighted by Gasteiger charge is 2.32. The SMILES string of the molecule is Cn1c(C2CC2)nc2c1CCN(C[C@@H](C#N)CCC#N)C2. The number of fused-ring (bicyclic) bond motifs is 1. The molecule has 1 aliphatic carbocycles. The molecule has 0 radical (unpaired) electrons. The molecular formula is C16H21N5. The molecule has 5 nitrogen and oxygen atoms in total. The summed E-state index contributed by atoms with van der Waals surface area (Å²) in [4.78, 5) is 7.16. The molecular weight excluding hydrogens is 262 g/mol. The Kier molecular flexibility index (Phi) is 3.94. The van der Waals surface area contributed by atoms with Crippen molar-refractivity contribution < 1.29 is 0 Å². The maximum Gasteiger partial charge on any atom is 0.112 e. The van der Waals surface area contributed by atoms with E-state index in [1.807, 2.05) is 0 Å². The lowest BCUT2D eigenvalue weighted by atomic mass is 10.0. The van der Waals surface area contributed by atoms with Gasteiger partial charge < -0.3 is 4.57 Å². The van der Waals surface area contributed by atoms with E-state index in [1.54, 1.807) is 0 Å². The van der Waals surface area contributed by atoms with Crippen LogP contribution in [0.3, 0.4) is 0 Å². The van der Waals surface area contributed by atoms with Crippen LogP contribution in [0.1, 0.15) is 48.8 Å². The van der Waals surface area contributed by atoms with Crippen molar-refractivity contribution in [3.05, 3.63) is 17.2 Å². The van der Waals surface area contributed by atoms with Gasteiger partial charge in [-0.2, -0.15) is 10.5 Å². The van der Waals surface area contributed by atoms with Crippen LogP contribution in [0.25, 0.3) is 0 Å². The van der Waals surface area contributed by atoms with E-state index in [-0.39, 0.29) is 5.92 Å². The van der Waals surface area contributed by atoms with Crippen LogP contribution in [0.4, 0.5) is 0 Å². The third-order valence-corrected chi connectivity index (χ3v) is 4.58. The van der Waals surface area contributed by atoms with E-state index in [2.05, 4.69) is 28.7 Å². The summed E-state index contributed by atoms with van der Waals surface area (Å²) in [5.74, 6) is 1.89. The molecule has 2 aliphatic rings. The van der Waals surface area contributed by atoms with Crippen LogP contribution in [-0.4, -0.2) is 27.5 Å². The van der Waals surface area contributed by atoms with Crippen LogP contribution in [-0.2, 0) is 20.0 Å². The van der Waals surface area contributed by atoms with Gasteiger partial charge in [0.2, 0.25) is 0 Å². The Bertz CT molecular complexity index is 599. The van der Waals surface area contributed by atoms with Gasteiger partial charge in [-0.15, -0.1) is 0 Å². The van der Waals surface area contributed by atoms with Crippen molar-refractivity contribution in [1.29, 1.82) is 10.5 Å². The second-order valence-corrected chi connectivity index (χ2v) is 6.20. The zero-order valence-corrected chi connectivity index (χ0v) is 12.5. The summed E-state index contributed by atoms with van der Waals surface area (Å²) in [6.07, 6.45) is 4.71. The highest BCUT2D eigenvalue weighted by Crippen LogP contribution is 2.40. The Morgan fingerprint density at radius 1 is 1.38 bits per heavy atom. The third kappa shape index (κ3) is 2.94. The largest absolute Gasteiger partial charge is 0.335 e. The lowest BCUT2D eigenvalue weighted by Crippen LogP contribution is -2.34. The summed E-state index contributed by atoms with van der Waals surface area (Å²) in [5.41, 5.74) is 2.57. The summed E-state index contributed by atoms with van der Waals surface area (Å²) < 4.78 is 2.29. The standard InChI is InChI=1S/C16H21N5/c1-20-15-6-8-21(10-12(9-18)3-2-7-17)11-14(15)19-16(20)13-4-5-13/h12-13H,2-6,8,10-11H2,1H3/t12-/m1/s1. The molecule has 1 aromatic rings. The quantitative estimate of drug-likeness (QED) is 0.830. The summed E-state index contributed by atoms with van der Waals surface area (Å²) in [6.45, 7) is 2.59. The molecule has 0 N–H and O–H groups in total. The van der Waals surface area contributed by atoms with Crippen LogP contribution in [0.5, 0.6) is 0 Å². The predicted molar refractivity (Wildman–Crippen MR) is 78.1 cm³/mol. The molecule has 1 aromatic heterocycles. The van der Waals surface area contributed by atoms with Crippen molar-refractivity contribution >= 4 is 0 Å². The highest BCUT2D eigenvalue weighted by atomic mass is 15.2. The van der Waals surface area contributed by atoms with Crippen LogP contribution in [0.15, 0.2) is 0 Å². The fourth-order valence-electron chi connectivity index (χ4n) is 3.21. The smallest absolute Gasteiger partial charge is 0.112 e. The van der Waals surface area contributed by atoms with Crippen LogP contribution in [0.2, 0.25) is 0 Å². The Morgan fingerprint density at radius 3 is 2.86 bits per heavy atom. The Labute approximate surface area is 125 Å². The molecule has 2 heterocycles. The number of rotatable bonds is 5. The monoisotopic (exact) mass is 283 g/mol. The number of aromatic nitrogens is 2. The molecule has 5 heteroatoms. The van der Waals surface area contributed by atoms with E-state index >= 15 is 0 Å². The van der Waals surface area contributed by atoms with Gasteiger partial charge >= 0.3 is 0 Å². The average molecular weight is 283 g/mol. The Balaban J connectivity index is 1.66. The molecule has 1 aliphatic heterocycles. The maximum absolute atomic E-state index is 9.20. The molecule has 0 amide bonds. The van der Waals surface area contributed by atoms with Crippen LogP contribution in [0, 0.1) is 28.6 Å². The Hall–Kier alpha value is -1.85. The lowest BCUT2D eigenvalue weighted by molar-refractivity contribution is 0.224. The first-order valence-electron chi connectivity index (χ1n) is 7.76. The molecule has 1 atom stereocenters. The van der Waals surface area contributed by atoms with Gasteiger partial charge in [0.15, 0.2) is 0 Å². The molecule has 1 saturated carbocycles. The van der Waals surface area contributed by atoms with Crippen molar-refractivity contribution in [2.24, 2.45) is 13.0 Å². The van der Waals surface area contributed by atoms with Gasteiger partial charge in [0.25, 0.3) is 0 Å². The van der Waals surface area contributed by atoms with Gasteiger partial charge in [-0.3, -0.25) is 4.90 Å². The van der Waals surface area contributed by atoms with Crippen molar-refractivity contribution in [3.63, 3.8) is 0 Å². The van der Waals surface area contributed by atoms with Crippen molar-refractivity contribution in [1.82, 2.24) is 14.5 Å². The molecule has 0 spiro atoms. The third-order valence-electron chi connectivity index (χ3n) is 4.58. The minimum atomic E-state index is -0.0437.